The van der Waals surface area contributed by atoms with Gasteiger partial charge in [0.05, 0.1) is 6.61 Å². The average molecular weight is 202 g/mol. The lowest BCUT2D eigenvalue weighted by Gasteiger charge is -2.03. The Kier molecular flexibility index (Phi) is 7.12. The molecule has 0 spiro atoms. The van der Waals surface area contributed by atoms with Crippen molar-refractivity contribution in [3.8, 4) is 0 Å². The van der Waals surface area contributed by atoms with E-state index in [1.807, 2.05) is 0 Å². The molecule has 0 saturated carbocycles. The Labute approximate surface area is 82.0 Å². The van der Waals surface area contributed by atoms with Crippen LogP contribution >= 0.6 is 0 Å². The molecule has 14 heavy (non-hydrogen) atoms. The lowest BCUT2D eigenvalue weighted by Crippen LogP contribution is -2.34. The molecule has 0 aromatic heterocycles. The van der Waals surface area contributed by atoms with Crippen LogP contribution in [0, 0.1) is 0 Å². The Morgan fingerprint density at radius 3 is 2.64 bits per heavy atom. The second-order valence-corrected chi connectivity index (χ2v) is 2.40. The Balaban J connectivity index is 3.43. The molecule has 0 aliphatic heterocycles. The van der Waals surface area contributed by atoms with E-state index in [0.29, 0.717) is 25.9 Å². The van der Waals surface area contributed by atoms with Crippen molar-refractivity contribution in [1.29, 1.82) is 0 Å². The highest BCUT2D eigenvalue weighted by atomic mass is 16.5. The van der Waals surface area contributed by atoms with Gasteiger partial charge in [-0.05, 0) is 13.3 Å². The molecular weight excluding hydrogens is 188 g/mol. The molecule has 0 unspecified atom stereocenters. The maximum absolute atomic E-state index is 10.9. The SMILES string of the molecule is CCOC(=O)C(=O)NCCCNC=O. The molecule has 0 aliphatic carbocycles. The van der Waals surface area contributed by atoms with Crippen molar-refractivity contribution in [2.75, 3.05) is 19.7 Å². The van der Waals surface area contributed by atoms with Gasteiger partial charge in [-0.2, -0.15) is 0 Å². The van der Waals surface area contributed by atoms with Crippen LogP contribution in [-0.4, -0.2) is 38.0 Å². The molecule has 0 heterocycles. The van der Waals surface area contributed by atoms with Crippen molar-refractivity contribution in [3.05, 3.63) is 0 Å². The number of hydrogen-bond donors (Lipinski definition) is 2. The van der Waals surface area contributed by atoms with Gasteiger partial charge in [0.25, 0.3) is 0 Å². The lowest BCUT2D eigenvalue weighted by atomic mass is 10.4. The van der Waals surface area contributed by atoms with E-state index in [1.165, 1.54) is 0 Å². The smallest absolute Gasteiger partial charge is 0.396 e. The van der Waals surface area contributed by atoms with Gasteiger partial charge in [0.1, 0.15) is 0 Å². The van der Waals surface area contributed by atoms with E-state index in [9.17, 15) is 14.4 Å². The summed E-state index contributed by atoms with van der Waals surface area (Å²) >= 11 is 0. The van der Waals surface area contributed by atoms with Crippen LogP contribution in [0.4, 0.5) is 0 Å². The summed E-state index contributed by atoms with van der Waals surface area (Å²) in [7, 11) is 0. The van der Waals surface area contributed by atoms with E-state index in [2.05, 4.69) is 15.4 Å². The highest BCUT2D eigenvalue weighted by Crippen LogP contribution is 1.79. The van der Waals surface area contributed by atoms with E-state index in [4.69, 9.17) is 0 Å². The van der Waals surface area contributed by atoms with Crippen molar-refractivity contribution in [2.24, 2.45) is 0 Å². The maximum Gasteiger partial charge on any atom is 0.396 e. The average Bonchev–Trinajstić information content (AvgIpc) is 2.17. The minimum Gasteiger partial charge on any atom is -0.459 e. The van der Waals surface area contributed by atoms with Gasteiger partial charge in [-0.15, -0.1) is 0 Å². The Hall–Kier alpha value is -1.59. The Morgan fingerprint density at radius 1 is 1.36 bits per heavy atom. The topological polar surface area (TPSA) is 84.5 Å². The lowest BCUT2D eigenvalue weighted by molar-refractivity contribution is -0.154. The second kappa shape index (κ2) is 8.03. The van der Waals surface area contributed by atoms with E-state index in [-0.39, 0.29) is 6.61 Å². The molecule has 6 heteroatoms. The van der Waals surface area contributed by atoms with Crippen LogP contribution in [0.2, 0.25) is 0 Å². The quantitative estimate of drug-likeness (QED) is 0.245. The molecule has 0 saturated heterocycles. The normalized spacial score (nSPS) is 8.93. The summed E-state index contributed by atoms with van der Waals surface area (Å²) < 4.78 is 4.46. The van der Waals surface area contributed by atoms with Gasteiger partial charge < -0.3 is 15.4 Å². The molecule has 6 nitrogen and oxygen atoms in total. The van der Waals surface area contributed by atoms with Gasteiger partial charge in [0.2, 0.25) is 6.41 Å². The van der Waals surface area contributed by atoms with Gasteiger partial charge in [-0.25, -0.2) is 4.79 Å². The minimum atomic E-state index is -0.879. The summed E-state index contributed by atoms with van der Waals surface area (Å²) in [6.45, 7) is 2.60. The molecule has 0 aromatic carbocycles. The number of carbonyl (C=O) groups excluding carboxylic acids is 3. The van der Waals surface area contributed by atoms with Crippen LogP contribution < -0.4 is 10.6 Å². The molecule has 0 bridgehead atoms. The summed E-state index contributed by atoms with van der Waals surface area (Å²) in [6.07, 6.45) is 1.15. The first-order valence-corrected chi connectivity index (χ1v) is 4.34. The molecule has 2 amide bonds. The number of esters is 1. The van der Waals surface area contributed by atoms with Crippen LogP contribution in [0.5, 0.6) is 0 Å². The van der Waals surface area contributed by atoms with Crippen molar-refractivity contribution < 1.29 is 19.1 Å². The molecule has 0 radical (unpaired) electrons. The van der Waals surface area contributed by atoms with Crippen LogP contribution in [0.1, 0.15) is 13.3 Å². The number of nitrogens with one attached hydrogen (secondary N) is 2. The number of rotatable bonds is 6. The third-order valence-corrected chi connectivity index (χ3v) is 1.33. The molecule has 80 valence electrons. The molecule has 0 rings (SSSR count). The number of carbonyl (C=O) groups is 3. The van der Waals surface area contributed by atoms with E-state index in [1.54, 1.807) is 6.92 Å². The summed E-state index contributed by atoms with van der Waals surface area (Å²) in [5.41, 5.74) is 0. The standard InChI is InChI=1S/C8H14N2O4/c1-2-14-8(13)7(12)10-5-3-4-9-6-11/h6H,2-5H2,1H3,(H,9,11)(H,10,12). The van der Waals surface area contributed by atoms with Gasteiger partial charge in [-0.1, -0.05) is 0 Å². The van der Waals surface area contributed by atoms with Crippen LogP contribution in [0.25, 0.3) is 0 Å². The van der Waals surface area contributed by atoms with E-state index >= 15 is 0 Å². The molecular formula is C8H14N2O4. The zero-order valence-corrected chi connectivity index (χ0v) is 8.04. The second-order valence-electron chi connectivity index (χ2n) is 2.40. The maximum atomic E-state index is 10.9. The minimum absolute atomic E-state index is 0.180. The number of ether oxygens (including phenoxy) is 1. The predicted octanol–water partition coefficient (Wildman–Crippen LogP) is -1.20. The first kappa shape index (κ1) is 12.4. The molecule has 0 aliphatic rings. The predicted molar refractivity (Wildman–Crippen MR) is 48.3 cm³/mol. The summed E-state index contributed by atoms with van der Waals surface area (Å²) in [5.74, 6) is -1.63. The number of hydrogen-bond acceptors (Lipinski definition) is 4. The first-order valence-electron chi connectivity index (χ1n) is 4.34. The van der Waals surface area contributed by atoms with E-state index in [0.717, 1.165) is 0 Å². The van der Waals surface area contributed by atoms with Gasteiger partial charge in [-0.3, -0.25) is 9.59 Å². The van der Waals surface area contributed by atoms with Gasteiger partial charge in [0, 0.05) is 13.1 Å². The Bertz CT molecular complexity index is 206. The van der Waals surface area contributed by atoms with Crippen LogP contribution in [-0.2, 0) is 19.1 Å². The van der Waals surface area contributed by atoms with Gasteiger partial charge in [0.15, 0.2) is 0 Å². The van der Waals surface area contributed by atoms with Crippen LogP contribution in [0.3, 0.4) is 0 Å². The zero-order chi connectivity index (χ0) is 10.8. The van der Waals surface area contributed by atoms with Crippen LogP contribution in [0.15, 0.2) is 0 Å². The molecule has 0 atom stereocenters. The fourth-order valence-electron chi connectivity index (χ4n) is 0.720. The van der Waals surface area contributed by atoms with Crippen molar-refractivity contribution >= 4 is 18.3 Å². The largest absolute Gasteiger partial charge is 0.459 e. The Morgan fingerprint density at radius 2 is 2.07 bits per heavy atom. The fraction of sp³-hybridized carbons (Fsp3) is 0.625. The summed E-state index contributed by atoms with van der Waals surface area (Å²) in [4.78, 5) is 31.5. The molecule has 0 aromatic rings. The van der Waals surface area contributed by atoms with Gasteiger partial charge >= 0.3 is 11.9 Å². The van der Waals surface area contributed by atoms with Crippen molar-refractivity contribution in [1.82, 2.24) is 10.6 Å². The van der Waals surface area contributed by atoms with Crippen molar-refractivity contribution in [3.63, 3.8) is 0 Å². The third-order valence-electron chi connectivity index (χ3n) is 1.33. The highest BCUT2D eigenvalue weighted by molar-refractivity contribution is 6.32. The fourth-order valence-corrected chi connectivity index (χ4v) is 0.720. The van der Waals surface area contributed by atoms with Crippen molar-refractivity contribution in [2.45, 2.75) is 13.3 Å². The molecule has 0 fully saturated rings. The molecule has 2 N–H and O–H groups in total. The summed E-state index contributed by atoms with van der Waals surface area (Å²) in [5, 5.41) is 4.79. The monoisotopic (exact) mass is 202 g/mol. The number of amides is 2. The third kappa shape index (κ3) is 5.99. The zero-order valence-electron chi connectivity index (χ0n) is 8.04. The van der Waals surface area contributed by atoms with E-state index < -0.39 is 11.9 Å². The summed E-state index contributed by atoms with van der Waals surface area (Å²) in [6, 6.07) is 0. The highest BCUT2D eigenvalue weighted by Gasteiger charge is 2.12. The first-order chi connectivity index (χ1) is 6.72.